The molecule has 23 heavy (non-hydrogen) atoms. The molecule has 0 bridgehead atoms. The number of halogens is 1. The zero-order chi connectivity index (χ0) is 16.8. The molecule has 0 N–H and O–H groups in total. The van der Waals surface area contributed by atoms with Gasteiger partial charge in [0.05, 0.1) is 12.0 Å². The fourth-order valence-corrected chi connectivity index (χ4v) is 2.26. The highest BCUT2D eigenvalue weighted by Gasteiger charge is 2.06. The number of ether oxygens (including phenoxy) is 1. The average Bonchev–Trinajstić information content (AvgIpc) is 2.55. The predicted molar refractivity (Wildman–Crippen MR) is 98.2 cm³/mol. The van der Waals surface area contributed by atoms with E-state index in [1.165, 1.54) is 5.56 Å². The molecule has 0 amide bonds. The molecule has 2 aromatic rings. The van der Waals surface area contributed by atoms with Gasteiger partial charge in [-0.2, -0.15) is 0 Å². The van der Waals surface area contributed by atoms with Crippen LogP contribution >= 0.6 is 11.6 Å². The van der Waals surface area contributed by atoms with Gasteiger partial charge in [0.15, 0.2) is 0 Å². The molecule has 0 aromatic heterocycles. The molecule has 0 spiro atoms. The van der Waals surface area contributed by atoms with Gasteiger partial charge in [0.2, 0.25) is 0 Å². The lowest BCUT2D eigenvalue weighted by Crippen LogP contribution is -2.14. The van der Waals surface area contributed by atoms with Crippen molar-refractivity contribution in [3.63, 3.8) is 0 Å². The first-order valence-electron chi connectivity index (χ1n) is 7.72. The van der Waals surface area contributed by atoms with Gasteiger partial charge >= 0.3 is 0 Å². The lowest BCUT2D eigenvalue weighted by Gasteiger charge is -2.13. The highest BCUT2D eigenvalue weighted by atomic mass is 35.5. The summed E-state index contributed by atoms with van der Waals surface area (Å²) in [4.78, 5) is 6.64. The summed E-state index contributed by atoms with van der Waals surface area (Å²) in [5.74, 6) is 0.811. The lowest BCUT2D eigenvalue weighted by molar-refractivity contribution is 0.305. The first-order chi connectivity index (χ1) is 11.0. The van der Waals surface area contributed by atoms with E-state index in [1.807, 2.05) is 42.6 Å². The molecular weight excluding hydrogens is 308 g/mol. The minimum atomic E-state index is 0.515. The van der Waals surface area contributed by atoms with Crippen molar-refractivity contribution in [2.24, 2.45) is 4.99 Å². The summed E-state index contributed by atoms with van der Waals surface area (Å²) in [5.41, 5.74) is 4.45. The van der Waals surface area contributed by atoms with Gasteiger partial charge in [-0.15, -0.1) is 0 Å². The fourth-order valence-electron chi connectivity index (χ4n) is 2.13. The monoisotopic (exact) mass is 330 g/mol. The van der Waals surface area contributed by atoms with Crippen LogP contribution in [0.15, 0.2) is 41.4 Å². The lowest BCUT2D eigenvalue weighted by atomic mass is 10.0. The van der Waals surface area contributed by atoms with E-state index in [9.17, 15) is 0 Å². The van der Waals surface area contributed by atoms with E-state index in [0.717, 1.165) is 29.1 Å². The zero-order valence-electron chi connectivity index (χ0n) is 14.1. The molecule has 0 fully saturated rings. The Hall–Kier alpha value is -2.00. The zero-order valence-corrected chi connectivity index (χ0v) is 14.9. The third kappa shape index (κ3) is 5.00. The van der Waals surface area contributed by atoms with E-state index < -0.39 is 0 Å². The quantitative estimate of drug-likeness (QED) is 0.540. The molecule has 0 aliphatic carbocycles. The summed E-state index contributed by atoms with van der Waals surface area (Å²) in [5, 5.41) is 0.709. The summed E-state index contributed by atoms with van der Waals surface area (Å²) in [7, 11) is 2.01. The van der Waals surface area contributed by atoms with Crippen molar-refractivity contribution in [3.05, 3.63) is 58.1 Å². The molecule has 2 aromatic carbocycles. The van der Waals surface area contributed by atoms with Gasteiger partial charge in [-0.25, -0.2) is 4.99 Å². The maximum Gasteiger partial charge on any atom is 0.119 e. The minimum absolute atomic E-state index is 0.515. The Balaban J connectivity index is 2.16. The molecule has 0 heterocycles. The average molecular weight is 331 g/mol. The molecule has 3 nitrogen and oxygen atoms in total. The van der Waals surface area contributed by atoms with Crippen LogP contribution in [0.5, 0.6) is 5.75 Å². The van der Waals surface area contributed by atoms with E-state index in [2.05, 4.69) is 37.9 Å². The highest BCUT2D eigenvalue weighted by Crippen LogP contribution is 2.26. The minimum Gasteiger partial charge on any atom is -0.489 e. The Bertz CT molecular complexity index is 681. The number of aryl methyl sites for hydroxylation is 1. The largest absolute Gasteiger partial charge is 0.489 e. The van der Waals surface area contributed by atoms with Crippen LogP contribution in [-0.2, 0) is 6.61 Å². The molecule has 0 unspecified atom stereocenters. The van der Waals surface area contributed by atoms with Crippen molar-refractivity contribution in [1.29, 1.82) is 0 Å². The summed E-state index contributed by atoms with van der Waals surface area (Å²) < 4.78 is 5.86. The van der Waals surface area contributed by atoms with Crippen LogP contribution in [0.25, 0.3) is 0 Å². The van der Waals surface area contributed by atoms with Crippen molar-refractivity contribution >= 4 is 23.6 Å². The van der Waals surface area contributed by atoms with Crippen molar-refractivity contribution in [3.8, 4) is 5.75 Å². The van der Waals surface area contributed by atoms with Gasteiger partial charge in [0.25, 0.3) is 0 Å². The maximum absolute atomic E-state index is 5.89. The molecule has 2 rings (SSSR count). The molecule has 122 valence electrons. The Morgan fingerprint density at radius 3 is 2.52 bits per heavy atom. The summed E-state index contributed by atoms with van der Waals surface area (Å²) >= 11 is 5.89. The van der Waals surface area contributed by atoms with E-state index in [1.54, 1.807) is 0 Å². The SMILES string of the molecule is CCN(C)C=Nc1cc(C)cc(COc2ccc(Cl)cc2)c1C. The van der Waals surface area contributed by atoms with E-state index in [4.69, 9.17) is 16.3 Å². The second-order valence-electron chi connectivity index (χ2n) is 5.63. The van der Waals surface area contributed by atoms with Crippen LogP contribution in [0, 0.1) is 13.8 Å². The number of rotatable bonds is 6. The predicted octanol–water partition coefficient (Wildman–Crippen LogP) is 5.15. The van der Waals surface area contributed by atoms with Crippen LogP contribution in [-0.4, -0.2) is 24.8 Å². The Morgan fingerprint density at radius 2 is 1.87 bits per heavy atom. The number of hydrogen-bond acceptors (Lipinski definition) is 2. The number of aliphatic imine (C=N–C) groups is 1. The molecule has 4 heteroatoms. The third-order valence-electron chi connectivity index (χ3n) is 3.73. The maximum atomic E-state index is 5.89. The van der Waals surface area contributed by atoms with Crippen LogP contribution in [0.4, 0.5) is 5.69 Å². The van der Waals surface area contributed by atoms with Crippen LogP contribution in [0.3, 0.4) is 0 Å². The molecule has 0 atom stereocenters. The standard InChI is InChI=1S/C19H23ClN2O/c1-5-22(4)13-21-19-11-14(2)10-16(15(19)3)12-23-18-8-6-17(20)7-9-18/h6-11,13H,5,12H2,1-4H3. The normalized spacial score (nSPS) is 11.0. The van der Waals surface area contributed by atoms with Gasteiger partial charge in [0.1, 0.15) is 12.4 Å². The first kappa shape index (κ1) is 17.4. The van der Waals surface area contributed by atoms with Crippen molar-refractivity contribution in [2.75, 3.05) is 13.6 Å². The second kappa shape index (κ2) is 8.02. The topological polar surface area (TPSA) is 24.8 Å². The number of hydrogen-bond donors (Lipinski definition) is 0. The summed E-state index contributed by atoms with van der Waals surface area (Å²) in [6, 6.07) is 11.7. The van der Waals surface area contributed by atoms with Gasteiger partial charge in [-0.05, 0) is 67.8 Å². The van der Waals surface area contributed by atoms with E-state index in [-0.39, 0.29) is 0 Å². The molecular formula is C19H23ClN2O. The highest BCUT2D eigenvalue weighted by molar-refractivity contribution is 6.30. The van der Waals surface area contributed by atoms with Crippen LogP contribution in [0.2, 0.25) is 5.02 Å². The van der Waals surface area contributed by atoms with Crippen LogP contribution in [0.1, 0.15) is 23.6 Å². The van der Waals surface area contributed by atoms with Gasteiger partial charge in [0, 0.05) is 18.6 Å². The molecule has 0 aliphatic rings. The van der Waals surface area contributed by atoms with Gasteiger partial charge in [-0.1, -0.05) is 17.7 Å². The summed E-state index contributed by atoms with van der Waals surface area (Å²) in [6.45, 7) is 7.70. The van der Waals surface area contributed by atoms with Gasteiger partial charge < -0.3 is 9.64 Å². The molecule has 0 saturated carbocycles. The Kier molecular flexibility index (Phi) is 6.05. The van der Waals surface area contributed by atoms with Crippen molar-refractivity contribution in [1.82, 2.24) is 4.90 Å². The van der Waals surface area contributed by atoms with Crippen molar-refractivity contribution in [2.45, 2.75) is 27.4 Å². The Morgan fingerprint density at radius 1 is 1.17 bits per heavy atom. The molecule has 0 aliphatic heterocycles. The van der Waals surface area contributed by atoms with E-state index >= 15 is 0 Å². The number of nitrogens with zero attached hydrogens (tertiary/aromatic N) is 2. The summed E-state index contributed by atoms with van der Waals surface area (Å²) in [6.07, 6.45) is 1.87. The van der Waals surface area contributed by atoms with Gasteiger partial charge in [-0.3, -0.25) is 0 Å². The Labute approximate surface area is 143 Å². The van der Waals surface area contributed by atoms with E-state index in [0.29, 0.717) is 11.6 Å². The fraction of sp³-hybridized carbons (Fsp3) is 0.316. The third-order valence-corrected chi connectivity index (χ3v) is 3.98. The van der Waals surface area contributed by atoms with Crippen molar-refractivity contribution < 1.29 is 4.74 Å². The smallest absolute Gasteiger partial charge is 0.119 e. The second-order valence-corrected chi connectivity index (χ2v) is 6.07. The molecule has 0 radical (unpaired) electrons. The van der Waals surface area contributed by atoms with Crippen LogP contribution < -0.4 is 4.74 Å². The first-order valence-corrected chi connectivity index (χ1v) is 8.10. The molecule has 0 saturated heterocycles. The number of benzene rings is 2.